The lowest BCUT2D eigenvalue weighted by Gasteiger charge is -2.31. The molecule has 5 nitrogen and oxygen atoms in total. The van der Waals surface area contributed by atoms with E-state index in [1.54, 1.807) is 6.26 Å². The van der Waals surface area contributed by atoms with Gasteiger partial charge in [0, 0.05) is 26.2 Å². The number of aliphatic imine (C=N–C) groups is 1. The quantitative estimate of drug-likeness (QED) is 0.668. The van der Waals surface area contributed by atoms with Gasteiger partial charge in [0.2, 0.25) is 0 Å². The second-order valence-electron chi connectivity index (χ2n) is 4.83. The van der Waals surface area contributed by atoms with Crippen LogP contribution in [0.5, 0.6) is 0 Å². The van der Waals surface area contributed by atoms with Gasteiger partial charge in [0.1, 0.15) is 12.0 Å². The maximum Gasteiger partial charge on any atom is 0.194 e. The summed E-state index contributed by atoms with van der Waals surface area (Å²) in [5.41, 5.74) is 3.70. The van der Waals surface area contributed by atoms with Gasteiger partial charge >= 0.3 is 0 Å². The molecule has 0 fully saturated rings. The Kier molecular flexibility index (Phi) is 3.67. The van der Waals surface area contributed by atoms with Gasteiger partial charge in [-0.1, -0.05) is 29.4 Å². The van der Waals surface area contributed by atoms with Crippen molar-refractivity contribution in [2.45, 2.75) is 19.5 Å². The van der Waals surface area contributed by atoms with Gasteiger partial charge in [-0.05, 0) is 17.5 Å². The van der Waals surface area contributed by atoms with Gasteiger partial charge in [-0.15, -0.1) is 0 Å². The smallest absolute Gasteiger partial charge is 0.194 e. The molecule has 0 saturated carbocycles. The molecule has 1 aliphatic heterocycles. The van der Waals surface area contributed by atoms with Crippen molar-refractivity contribution in [3.05, 3.63) is 53.4 Å². The lowest BCUT2D eigenvalue weighted by atomic mass is 10.0. The molecule has 1 aromatic carbocycles. The number of hydrogen-bond acceptors (Lipinski definition) is 3. The zero-order valence-corrected chi connectivity index (χ0v) is 11.5. The van der Waals surface area contributed by atoms with Gasteiger partial charge in [0.15, 0.2) is 5.96 Å². The van der Waals surface area contributed by atoms with E-state index in [2.05, 4.69) is 44.6 Å². The van der Waals surface area contributed by atoms with Crippen LogP contribution in [0.3, 0.4) is 0 Å². The Bertz CT molecular complexity index is 592. The number of benzene rings is 1. The average Bonchev–Trinajstić information content (AvgIpc) is 3.01. The highest BCUT2D eigenvalue weighted by Crippen LogP contribution is 2.18. The van der Waals surface area contributed by atoms with Crippen LogP contribution in [0.25, 0.3) is 0 Å². The van der Waals surface area contributed by atoms with E-state index in [4.69, 9.17) is 4.52 Å². The molecule has 1 aliphatic rings. The first-order chi connectivity index (χ1) is 9.86. The van der Waals surface area contributed by atoms with Gasteiger partial charge in [0.25, 0.3) is 0 Å². The van der Waals surface area contributed by atoms with Gasteiger partial charge in [-0.2, -0.15) is 0 Å². The zero-order valence-electron chi connectivity index (χ0n) is 11.5. The van der Waals surface area contributed by atoms with Crippen LogP contribution >= 0.6 is 0 Å². The van der Waals surface area contributed by atoms with E-state index < -0.39 is 0 Å². The summed E-state index contributed by atoms with van der Waals surface area (Å²) >= 11 is 0. The zero-order chi connectivity index (χ0) is 13.8. The Morgan fingerprint density at radius 3 is 2.95 bits per heavy atom. The third-order valence-corrected chi connectivity index (χ3v) is 3.56. The first-order valence-corrected chi connectivity index (χ1v) is 6.78. The molecule has 104 valence electrons. The summed E-state index contributed by atoms with van der Waals surface area (Å²) in [6.45, 7) is 2.51. The predicted octanol–water partition coefficient (Wildman–Crippen LogP) is 1.81. The summed E-state index contributed by atoms with van der Waals surface area (Å²) in [5, 5.41) is 7.22. The van der Waals surface area contributed by atoms with E-state index in [0.717, 1.165) is 31.2 Å². The lowest BCUT2D eigenvalue weighted by Crippen LogP contribution is -2.43. The number of nitrogens with zero attached hydrogens (tertiary/aromatic N) is 3. The molecule has 0 bridgehead atoms. The van der Waals surface area contributed by atoms with Crippen LogP contribution in [0.1, 0.15) is 16.8 Å². The predicted molar refractivity (Wildman–Crippen MR) is 77.3 cm³/mol. The second kappa shape index (κ2) is 5.77. The SMILES string of the molecule is CN=C(NCc1ccon1)N1CCc2ccccc2C1. The van der Waals surface area contributed by atoms with E-state index >= 15 is 0 Å². The first-order valence-electron chi connectivity index (χ1n) is 6.78. The van der Waals surface area contributed by atoms with Crippen molar-refractivity contribution in [2.75, 3.05) is 13.6 Å². The van der Waals surface area contributed by atoms with Gasteiger partial charge in [-0.3, -0.25) is 4.99 Å². The van der Waals surface area contributed by atoms with Gasteiger partial charge < -0.3 is 14.7 Å². The van der Waals surface area contributed by atoms with Crippen LogP contribution in [0.15, 0.2) is 46.1 Å². The number of nitrogens with one attached hydrogen (secondary N) is 1. The van der Waals surface area contributed by atoms with E-state index in [-0.39, 0.29) is 0 Å². The van der Waals surface area contributed by atoms with Crippen molar-refractivity contribution in [1.82, 2.24) is 15.4 Å². The summed E-state index contributed by atoms with van der Waals surface area (Å²) in [7, 11) is 1.81. The highest BCUT2D eigenvalue weighted by atomic mass is 16.5. The van der Waals surface area contributed by atoms with Crippen LogP contribution in [-0.2, 0) is 19.5 Å². The molecule has 1 aromatic heterocycles. The molecule has 2 heterocycles. The molecule has 3 rings (SSSR count). The van der Waals surface area contributed by atoms with Crippen molar-refractivity contribution >= 4 is 5.96 Å². The third-order valence-electron chi connectivity index (χ3n) is 3.56. The molecule has 0 aliphatic carbocycles. The fourth-order valence-electron chi connectivity index (χ4n) is 2.51. The number of rotatable bonds is 2. The molecular weight excluding hydrogens is 252 g/mol. The van der Waals surface area contributed by atoms with Crippen LogP contribution in [0, 0.1) is 0 Å². The molecule has 0 amide bonds. The van der Waals surface area contributed by atoms with Crippen LogP contribution < -0.4 is 5.32 Å². The minimum atomic E-state index is 0.626. The largest absolute Gasteiger partial charge is 0.364 e. The van der Waals surface area contributed by atoms with Crippen LogP contribution in [-0.4, -0.2) is 29.6 Å². The number of aromatic nitrogens is 1. The highest BCUT2D eigenvalue weighted by molar-refractivity contribution is 5.80. The molecule has 0 radical (unpaired) electrons. The van der Waals surface area contributed by atoms with Crippen molar-refractivity contribution in [3.63, 3.8) is 0 Å². The summed E-state index contributed by atoms with van der Waals surface area (Å²) in [6.07, 6.45) is 2.64. The molecule has 1 N–H and O–H groups in total. The van der Waals surface area contributed by atoms with E-state index in [0.29, 0.717) is 6.54 Å². The summed E-state index contributed by atoms with van der Waals surface area (Å²) in [6, 6.07) is 10.4. The summed E-state index contributed by atoms with van der Waals surface area (Å²) < 4.78 is 4.83. The Labute approximate surface area is 118 Å². The van der Waals surface area contributed by atoms with Crippen LogP contribution in [0.4, 0.5) is 0 Å². The number of hydrogen-bond donors (Lipinski definition) is 1. The molecule has 0 spiro atoms. The third kappa shape index (κ3) is 2.66. The fraction of sp³-hybridized carbons (Fsp3) is 0.333. The first kappa shape index (κ1) is 12.7. The van der Waals surface area contributed by atoms with Crippen molar-refractivity contribution in [3.8, 4) is 0 Å². The molecular formula is C15H18N4O. The average molecular weight is 270 g/mol. The number of fused-ring (bicyclic) bond motifs is 1. The molecule has 5 heteroatoms. The van der Waals surface area contributed by atoms with E-state index in [1.165, 1.54) is 11.1 Å². The molecule has 2 aromatic rings. The summed E-state index contributed by atoms with van der Waals surface area (Å²) in [5.74, 6) is 0.905. The maximum absolute atomic E-state index is 4.83. The molecule has 0 saturated heterocycles. The van der Waals surface area contributed by atoms with Crippen LogP contribution in [0.2, 0.25) is 0 Å². The maximum atomic E-state index is 4.83. The van der Waals surface area contributed by atoms with Crippen molar-refractivity contribution < 1.29 is 4.52 Å². The Balaban J connectivity index is 1.66. The fourth-order valence-corrected chi connectivity index (χ4v) is 2.51. The minimum Gasteiger partial charge on any atom is -0.364 e. The Morgan fingerprint density at radius 2 is 2.20 bits per heavy atom. The minimum absolute atomic E-state index is 0.626. The van der Waals surface area contributed by atoms with Crippen molar-refractivity contribution in [2.24, 2.45) is 4.99 Å². The molecule has 0 unspecified atom stereocenters. The molecule has 0 atom stereocenters. The topological polar surface area (TPSA) is 53.7 Å². The lowest BCUT2D eigenvalue weighted by molar-refractivity contribution is 0.376. The summed E-state index contributed by atoms with van der Waals surface area (Å²) in [4.78, 5) is 6.62. The second-order valence-corrected chi connectivity index (χ2v) is 4.83. The number of guanidine groups is 1. The highest BCUT2D eigenvalue weighted by Gasteiger charge is 2.18. The van der Waals surface area contributed by atoms with E-state index in [9.17, 15) is 0 Å². The normalized spacial score (nSPS) is 15.1. The Hall–Kier alpha value is -2.30. The van der Waals surface area contributed by atoms with E-state index in [1.807, 2.05) is 13.1 Å². The van der Waals surface area contributed by atoms with Gasteiger partial charge in [0.05, 0.1) is 6.54 Å². The monoisotopic (exact) mass is 270 g/mol. The van der Waals surface area contributed by atoms with Gasteiger partial charge in [-0.25, -0.2) is 0 Å². The molecule has 20 heavy (non-hydrogen) atoms. The Morgan fingerprint density at radius 1 is 1.35 bits per heavy atom. The standard InChI is InChI=1S/C15H18N4O/c1-16-15(17-10-14-7-9-20-18-14)19-8-6-12-4-2-3-5-13(12)11-19/h2-5,7,9H,6,8,10-11H2,1H3,(H,16,17). The van der Waals surface area contributed by atoms with Crippen molar-refractivity contribution in [1.29, 1.82) is 0 Å².